The van der Waals surface area contributed by atoms with Gasteiger partial charge in [0.15, 0.2) is 0 Å². The van der Waals surface area contributed by atoms with E-state index in [-0.39, 0.29) is 46.6 Å². The molecular weight excluding hydrogens is 472 g/mol. The maximum absolute atomic E-state index is 12.8. The second kappa shape index (κ2) is 9.59. The van der Waals surface area contributed by atoms with Crippen LogP contribution in [0.2, 0.25) is 5.02 Å². The third kappa shape index (κ3) is 4.64. The second-order valence-corrected chi connectivity index (χ2v) is 7.82. The van der Waals surface area contributed by atoms with Crippen LogP contribution in [-0.4, -0.2) is 37.2 Å². The van der Waals surface area contributed by atoms with E-state index in [2.05, 4.69) is 15.0 Å². The quantitative estimate of drug-likeness (QED) is 0.431. The molecule has 0 spiro atoms. The van der Waals surface area contributed by atoms with Crippen molar-refractivity contribution >= 4 is 28.5 Å². The normalized spacial score (nSPS) is 10.5. The van der Waals surface area contributed by atoms with Gasteiger partial charge in [0.05, 0.1) is 46.8 Å². The molecular formula is C24H15ClN6O4. The third-order valence-electron chi connectivity index (χ3n) is 5.10. The zero-order chi connectivity index (χ0) is 25.1. The number of aryl methyl sites for hydroxylation is 1. The lowest BCUT2D eigenvalue weighted by Crippen LogP contribution is -2.23. The number of aromatic carboxylic acids is 1. The van der Waals surface area contributed by atoms with Gasteiger partial charge in [-0.1, -0.05) is 11.6 Å². The zero-order valence-corrected chi connectivity index (χ0v) is 18.9. The number of fused-ring (bicyclic) bond motifs is 1. The van der Waals surface area contributed by atoms with E-state index in [1.165, 1.54) is 35.3 Å². The predicted octanol–water partition coefficient (Wildman–Crippen LogP) is 3.34. The van der Waals surface area contributed by atoms with E-state index in [0.717, 1.165) is 0 Å². The molecule has 10 nitrogen and oxygen atoms in total. The Labute approximate surface area is 203 Å². The SMILES string of the molecule is Cc1cc(C(=O)O)c(C#N)c(-c2cc(Cl)ccc2OCCn2cnc3cnc(C#N)cc3c2=O)n1. The van der Waals surface area contributed by atoms with Crippen molar-refractivity contribution in [2.24, 2.45) is 0 Å². The van der Waals surface area contributed by atoms with Crippen LogP contribution in [0, 0.1) is 29.6 Å². The summed E-state index contributed by atoms with van der Waals surface area (Å²) in [6, 6.07) is 11.2. The molecule has 4 rings (SSSR count). The fraction of sp³-hybridized carbons (Fsp3) is 0.125. The van der Waals surface area contributed by atoms with E-state index in [4.69, 9.17) is 21.6 Å². The number of halogens is 1. The van der Waals surface area contributed by atoms with Gasteiger partial charge in [0.2, 0.25) is 0 Å². The van der Waals surface area contributed by atoms with Crippen molar-refractivity contribution in [2.45, 2.75) is 13.5 Å². The van der Waals surface area contributed by atoms with E-state index >= 15 is 0 Å². The Bertz CT molecular complexity index is 1630. The van der Waals surface area contributed by atoms with Gasteiger partial charge < -0.3 is 9.84 Å². The van der Waals surface area contributed by atoms with Crippen LogP contribution < -0.4 is 10.3 Å². The fourth-order valence-electron chi connectivity index (χ4n) is 3.50. The van der Waals surface area contributed by atoms with Gasteiger partial charge in [-0.2, -0.15) is 10.5 Å². The van der Waals surface area contributed by atoms with Crippen LogP contribution in [0.25, 0.3) is 22.2 Å². The Morgan fingerprint density at radius 1 is 1.20 bits per heavy atom. The molecule has 0 amide bonds. The average Bonchev–Trinajstić information content (AvgIpc) is 2.85. The molecule has 0 bridgehead atoms. The molecule has 0 atom stereocenters. The molecule has 0 saturated carbocycles. The molecule has 35 heavy (non-hydrogen) atoms. The molecule has 172 valence electrons. The summed E-state index contributed by atoms with van der Waals surface area (Å²) in [4.78, 5) is 36.9. The van der Waals surface area contributed by atoms with Crippen molar-refractivity contribution in [1.82, 2.24) is 19.5 Å². The first-order valence-corrected chi connectivity index (χ1v) is 10.5. The number of benzene rings is 1. The summed E-state index contributed by atoms with van der Waals surface area (Å²) in [5.74, 6) is -0.950. The largest absolute Gasteiger partial charge is 0.491 e. The van der Waals surface area contributed by atoms with Crippen molar-refractivity contribution in [1.29, 1.82) is 10.5 Å². The standard InChI is InChI=1S/C24H15ClN6O4/c1-13-6-16(24(33)34)19(10-27)22(30-13)18-7-14(25)2-3-21(18)35-5-4-31-12-29-20-11-28-15(9-26)8-17(20)23(31)32/h2-3,6-8,11-12H,4-5H2,1H3,(H,33,34). The molecule has 0 aliphatic carbocycles. The number of carboxylic acid groups (broad SMARTS) is 1. The van der Waals surface area contributed by atoms with Crippen molar-refractivity contribution in [3.63, 3.8) is 0 Å². The highest BCUT2D eigenvalue weighted by molar-refractivity contribution is 6.31. The highest BCUT2D eigenvalue weighted by atomic mass is 35.5. The fourth-order valence-corrected chi connectivity index (χ4v) is 3.67. The lowest BCUT2D eigenvalue weighted by molar-refractivity contribution is 0.0696. The summed E-state index contributed by atoms with van der Waals surface area (Å²) in [7, 11) is 0. The first-order chi connectivity index (χ1) is 16.8. The Morgan fingerprint density at radius 3 is 2.71 bits per heavy atom. The maximum Gasteiger partial charge on any atom is 0.337 e. The predicted molar refractivity (Wildman–Crippen MR) is 125 cm³/mol. The van der Waals surface area contributed by atoms with Gasteiger partial charge >= 0.3 is 5.97 Å². The molecule has 0 unspecified atom stereocenters. The van der Waals surface area contributed by atoms with Crippen LogP contribution in [0.5, 0.6) is 5.75 Å². The molecule has 1 aromatic carbocycles. The Morgan fingerprint density at radius 2 is 2.00 bits per heavy atom. The van der Waals surface area contributed by atoms with Gasteiger partial charge in [0.1, 0.15) is 30.2 Å². The minimum Gasteiger partial charge on any atom is -0.491 e. The Balaban J connectivity index is 1.67. The van der Waals surface area contributed by atoms with Crippen LogP contribution >= 0.6 is 11.6 Å². The number of hydrogen-bond acceptors (Lipinski definition) is 8. The first-order valence-electron chi connectivity index (χ1n) is 10.2. The molecule has 0 fully saturated rings. The summed E-state index contributed by atoms with van der Waals surface area (Å²) in [6.07, 6.45) is 2.72. The smallest absolute Gasteiger partial charge is 0.337 e. The topological polar surface area (TPSA) is 155 Å². The van der Waals surface area contributed by atoms with Crippen LogP contribution in [0.15, 0.2) is 47.7 Å². The van der Waals surface area contributed by atoms with Gasteiger partial charge in [-0.25, -0.2) is 14.8 Å². The Hall–Kier alpha value is -4.80. The van der Waals surface area contributed by atoms with Crippen LogP contribution in [0.4, 0.5) is 0 Å². The molecule has 11 heteroatoms. The lowest BCUT2D eigenvalue weighted by Gasteiger charge is -2.15. The minimum absolute atomic E-state index is 0.0391. The molecule has 0 aliphatic heterocycles. The Kier molecular flexibility index (Phi) is 6.40. The number of carbonyl (C=O) groups is 1. The van der Waals surface area contributed by atoms with E-state index in [0.29, 0.717) is 27.5 Å². The van der Waals surface area contributed by atoms with Crippen molar-refractivity contribution in [3.05, 3.63) is 80.7 Å². The van der Waals surface area contributed by atoms with Gasteiger partial charge in [-0.15, -0.1) is 0 Å². The number of nitriles is 2. The van der Waals surface area contributed by atoms with Crippen molar-refractivity contribution in [3.8, 4) is 29.1 Å². The number of hydrogen-bond donors (Lipinski definition) is 1. The number of aromatic nitrogens is 4. The third-order valence-corrected chi connectivity index (χ3v) is 5.34. The highest BCUT2D eigenvalue weighted by Crippen LogP contribution is 2.35. The average molecular weight is 487 g/mol. The summed E-state index contributed by atoms with van der Waals surface area (Å²) >= 11 is 6.17. The number of pyridine rings is 2. The van der Waals surface area contributed by atoms with Gasteiger partial charge in [-0.3, -0.25) is 14.3 Å². The van der Waals surface area contributed by atoms with Crippen LogP contribution in [0.3, 0.4) is 0 Å². The van der Waals surface area contributed by atoms with E-state index in [9.17, 15) is 20.0 Å². The summed E-state index contributed by atoms with van der Waals surface area (Å²) in [5.41, 5.74) is 0.700. The van der Waals surface area contributed by atoms with Crippen LogP contribution in [-0.2, 0) is 6.54 Å². The lowest BCUT2D eigenvalue weighted by atomic mass is 10.00. The van der Waals surface area contributed by atoms with E-state index in [1.807, 2.05) is 12.1 Å². The van der Waals surface area contributed by atoms with Crippen LogP contribution in [0.1, 0.15) is 27.3 Å². The first kappa shape index (κ1) is 23.4. The zero-order valence-electron chi connectivity index (χ0n) is 18.2. The summed E-state index contributed by atoms with van der Waals surface area (Å²) in [5, 5.41) is 28.8. The number of rotatable bonds is 6. The molecule has 3 heterocycles. The molecule has 0 radical (unpaired) electrons. The minimum atomic E-state index is -1.25. The maximum atomic E-state index is 12.8. The van der Waals surface area contributed by atoms with E-state index < -0.39 is 5.97 Å². The van der Waals surface area contributed by atoms with Crippen molar-refractivity contribution < 1.29 is 14.6 Å². The molecule has 0 aliphatic rings. The van der Waals surface area contributed by atoms with E-state index in [1.54, 1.807) is 19.1 Å². The monoisotopic (exact) mass is 486 g/mol. The molecule has 3 aromatic heterocycles. The van der Waals surface area contributed by atoms with Gasteiger partial charge in [0, 0.05) is 16.3 Å². The van der Waals surface area contributed by atoms with Gasteiger partial charge in [-0.05, 0) is 37.3 Å². The summed E-state index contributed by atoms with van der Waals surface area (Å²) in [6.45, 7) is 1.78. The number of carboxylic acids is 1. The molecule has 4 aromatic rings. The summed E-state index contributed by atoms with van der Waals surface area (Å²) < 4.78 is 7.24. The number of ether oxygens (including phenoxy) is 1. The second-order valence-electron chi connectivity index (χ2n) is 7.38. The number of nitrogens with zero attached hydrogens (tertiary/aromatic N) is 6. The molecule has 1 N–H and O–H groups in total. The molecule has 0 saturated heterocycles. The van der Waals surface area contributed by atoms with Gasteiger partial charge in [0.25, 0.3) is 5.56 Å². The highest BCUT2D eigenvalue weighted by Gasteiger charge is 2.21. The van der Waals surface area contributed by atoms with Crippen molar-refractivity contribution in [2.75, 3.05) is 6.61 Å².